The fourth-order valence-electron chi connectivity index (χ4n) is 0.816. The third-order valence-corrected chi connectivity index (χ3v) is 4.32. The van der Waals surface area contributed by atoms with E-state index in [9.17, 15) is 0 Å². The minimum atomic E-state index is 0.627. The Hall–Kier alpha value is -0.330. The Bertz CT molecular complexity index is 274. The van der Waals surface area contributed by atoms with Crippen molar-refractivity contribution in [2.75, 3.05) is 5.43 Å². The van der Waals surface area contributed by atoms with Crippen LogP contribution in [0.15, 0.2) is 0 Å². The van der Waals surface area contributed by atoms with Gasteiger partial charge in [-0.1, -0.05) is 25.3 Å². The molecule has 0 radical (unpaired) electrons. The van der Waals surface area contributed by atoms with E-state index in [4.69, 9.17) is 5.84 Å². The van der Waals surface area contributed by atoms with E-state index in [1.54, 1.807) is 0 Å². The predicted molar refractivity (Wildman–Crippen MR) is 63.3 cm³/mol. The molecule has 0 fully saturated rings. The SMILES string of the molecule is CC(C)C(C)SCc1nnsc1NN. The van der Waals surface area contributed by atoms with Crippen molar-refractivity contribution in [3.05, 3.63) is 5.69 Å². The maximum Gasteiger partial charge on any atom is 0.148 e. The number of hydrogen-bond donors (Lipinski definition) is 2. The number of nitrogens with two attached hydrogens (primary N) is 1. The van der Waals surface area contributed by atoms with Crippen LogP contribution in [0.5, 0.6) is 0 Å². The number of rotatable bonds is 5. The van der Waals surface area contributed by atoms with Gasteiger partial charge in [0.05, 0.1) is 0 Å². The number of hydrogen-bond acceptors (Lipinski definition) is 6. The molecule has 0 spiro atoms. The van der Waals surface area contributed by atoms with Crippen molar-refractivity contribution >= 4 is 28.3 Å². The number of anilines is 1. The van der Waals surface area contributed by atoms with E-state index in [-0.39, 0.29) is 0 Å². The van der Waals surface area contributed by atoms with E-state index < -0.39 is 0 Å². The molecule has 0 aliphatic carbocycles. The lowest BCUT2D eigenvalue weighted by atomic mass is 10.2. The molecule has 0 saturated heterocycles. The van der Waals surface area contributed by atoms with Gasteiger partial charge < -0.3 is 5.43 Å². The Labute approximate surface area is 92.8 Å². The van der Waals surface area contributed by atoms with Gasteiger partial charge in [-0.05, 0) is 5.92 Å². The summed E-state index contributed by atoms with van der Waals surface area (Å²) in [6.07, 6.45) is 0. The van der Waals surface area contributed by atoms with Gasteiger partial charge in [0.25, 0.3) is 0 Å². The van der Waals surface area contributed by atoms with E-state index in [2.05, 4.69) is 35.8 Å². The highest BCUT2D eigenvalue weighted by Gasteiger charge is 2.11. The van der Waals surface area contributed by atoms with Gasteiger partial charge in [-0.2, -0.15) is 11.8 Å². The van der Waals surface area contributed by atoms with Crippen LogP contribution < -0.4 is 11.3 Å². The van der Waals surface area contributed by atoms with Crippen molar-refractivity contribution in [1.82, 2.24) is 9.59 Å². The minimum absolute atomic E-state index is 0.627. The molecule has 1 rings (SSSR count). The van der Waals surface area contributed by atoms with Crippen molar-refractivity contribution < 1.29 is 0 Å². The number of nitrogen functional groups attached to an aromatic ring is 1. The van der Waals surface area contributed by atoms with Crippen LogP contribution in [-0.2, 0) is 5.75 Å². The summed E-state index contributed by atoms with van der Waals surface area (Å²) in [5.41, 5.74) is 3.56. The number of thioether (sulfide) groups is 1. The third kappa shape index (κ3) is 3.11. The molecule has 1 atom stereocenters. The fraction of sp³-hybridized carbons (Fsp3) is 0.750. The molecule has 0 aliphatic rings. The van der Waals surface area contributed by atoms with Gasteiger partial charge in [0, 0.05) is 22.5 Å². The number of aromatic nitrogens is 2. The van der Waals surface area contributed by atoms with Gasteiger partial charge >= 0.3 is 0 Å². The fourth-order valence-corrected chi connectivity index (χ4v) is 2.41. The monoisotopic (exact) mass is 232 g/mol. The summed E-state index contributed by atoms with van der Waals surface area (Å²) in [5, 5.41) is 5.52. The zero-order valence-corrected chi connectivity index (χ0v) is 10.3. The van der Waals surface area contributed by atoms with Crippen LogP contribution in [-0.4, -0.2) is 14.8 Å². The largest absolute Gasteiger partial charge is 0.313 e. The van der Waals surface area contributed by atoms with Crippen molar-refractivity contribution in [2.24, 2.45) is 11.8 Å². The molecule has 1 unspecified atom stereocenters. The van der Waals surface area contributed by atoms with Crippen LogP contribution in [0.1, 0.15) is 26.5 Å². The molecule has 3 N–H and O–H groups in total. The van der Waals surface area contributed by atoms with Crippen LogP contribution in [0.4, 0.5) is 5.00 Å². The Balaban J connectivity index is 2.45. The van der Waals surface area contributed by atoms with Crippen LogP contribution in [0, 0.1) is 5.92 Å². The molecule has 80 valence electrons. The second kappa shape index (κ2) is 5.53. The smallest absolute Gasteiger partial charge is 0.148 e. The quantitative estimate of drug-likeness (QED) is 0.601. The summed E-state index contributed by atoms with van der Waals surface area (Å²) < 4.78 is 3.85. The first-order chi connectivity index (χ1) is 6.65. The van der Waals surface area contributed by atoms with Crippen molar-refractivity contribution in [2.45, 2.75) is 31.8 Å². The van der Waals surface area contributed by atoms with Gasteiger partial charge in [-0.15, -0.1) is 5.10 Å². The second-order valence-corrected chi connectivity index (χ2v) is 5.57. The van der Waals surface area contributed by atoms with Gasteiger partial charge in [-0.3, -0.25) is 0 Å². The molecule has 4 nitrogen and oxygen atoms in total. The maximum atomic E-state index is 5.33. The summed E-state index contributed by atoms with van der Waals surface area (Å²) in [7, 11) is 0. The van der Waals surface area contributed by atoms with Crippen LogP contribution in [0.3, 0.4) is 0 Å². The Morgan fingerprint density at radius 2 is 2.21 bits per heavy atom. The van der Waals surface area contributed by atoms with E-state index in [0.717, 1.165) is 16.4 Å². The molecule has 0 saturated carbocycles. The highest BCUT2D eigenvalue weighted by atomic mass is 32.2. The van der Waals surface area contributed by atoms with E-state index in [1.165, 1.54) is 11.5 Å². The standard InChI is InChI=1S/C8H16N4S2/c1-5(2)6(3)13-4-7-8(10-9)14-12-11-7/h5-6,10H,4,9H2,1-3H3. The van der Waals surface area contributed by atoms with Crippen molar-refractivity contribution in [3.8, 4) is 0 Å². The molecule has 0 amide bonds. The minimum Gasteiger partial charge on any atom is -0.313 e. The Kier molecular flexibility index (Phi) is 4.64. The molecule has 1 aromatic rings. The predicted octanol–water partition coefficient (Wildman–Crippen LogP) is 2.10. The Morgan fingerprint density at radius 1 is 1.50 bits per heavy atom. The number of nitrogens with one attached hydrogen (secondary N) is 1. The van der Waals surface area contributed by atoms with Crippen molar-refractivity contribution in [3.63, 3.8) is 0 Å². The average molecular weight is 232 g/mol. The van der Waals surface area contributed by atoms with Crippen LogP contribution in [0.2, 0.25) is 0 Å². The maximum absolute atomic E-state index is 5.33. The van der Waals surface area contributed by atoms with E-state index in [1.807, 2.05) is 11.8 Å². The molecule has 14 heavy (non-hydrogen) atoms. The number of hydrazine groups is 1. The van der Waals surface area contributed by atoms with Crippen molar-refractivity contribution in [1.29, 1.82) is 0 Å². The molecule has 0 aliphatic heterocycles. The second-order valence-electron chi connectivity index (χ2n) is 3.45. The van der Waals surface area contributed by atoms with Crippen LogP contribution >= 0.6 is 23.3 Å². The summed E-state index contributed by atoms with van der Waals surface area (Å²) in [6, 6.07) is 0. The summed E-state index contributed by atoms with van der Waals surface area (Å²) in [4.78, 5) is 0. The van der Waals surface area contributed by atoms with Crippen LogP contribution in [0.25, 0.3) is 0 Å². The van der Waals surface area contributed by atoms with Gasteiger partial charge in [0.1, 0.15) is 10.7 Å². The lowest BCUT2D eigenvalue weighted by molar-refractivity contribution is 0.642. The van der Waals surface area contributed by atoms with Gasteiger partial charge in [-0.25, -0.2) is 5.84 Å². The summed E-state index contributed by atoms with van der Waals surface area (Å²) in [5.74, 6) is 6.88. The summed E-state index contributed by atoms with van der Waals surface area (Å²) >= 11 is 3.18. The first-order valence-electron chi connectivity index (χ1n) is 4.54. The third-order valence-electron chi connectivity index (χ3n) is 2.11. The lowest BCUT2D eigenvalue weighted by Crippen LogP contribution is -2.09. The highest BCUT2D eigenvalue weighted by Crippen LogP contribution is 2.26. The lowest BCUT2D eigenvalue weighted by Gasteiger charge is -2.13. The zero-order chi connectivity index (χ0) is 10.6. The topological polar surface area (TPSA) is 63.8 Å². The zero-order valence-electron chi connectivity index (χ0n) is 8.65. The van der Waals surface area contributed by atoms with E-state index in [0.29, 0.717) is 11.2 Å². The highest BCUT2D eigenvalue weighted by molar-refractivity contribution is 7.99. The molecule has 1 aromatic heterocycles. The summed E-state index contributed by atoms with van der Waals surface area (Å²) in [6.45, 7) is 6.67. The molecule has 6 heteroatoms. The molecular formula is C8H16N4S2. The molecule has 0 bridgehead atoms. The number of nitrogens with zero attached hydrogens (tertiary/aromatic N) is 2. The normalized spacial score (nSPS) is 13.2. The molecule has 1 heterocycles. The first-order valence-corrected chi connectivity index (χ1v) is 6.36. The van der Waals surface area contributed by atoms with Gasteiger partial charge in [0.15, 0.2) is 0 Å². The molecule has 0 aromatic carbocycles. The molecular weight excluding hydrogens is 216 g/mol. The van der Waals surface area contributed by atoms with E-state index >= 15 is 0 Å². The Morgan fingerprint density at radius 3 is 2.79 bits per heavy atom. The average Bonchev–Trinajstić information content (AvgIpc) is 2.60. The van der Waals surface area contributed by atoms with Gasteiger partial charge in [0.2, 0.25) is 0 Å². The first kappa shape index (κ1) is 11.7.